The topological polar surface area (TPSA) is 19.9 Å². The molecule has 11 heavy (non-hydrogen) atoms. The summed E-state index contributed by atoms with van der Waals surface area (Å²) in [5.41, 5.74) is -0.186. The van der Waals surface area contributed by atoms with Crippen molar-refractivity contribution in [2.24, 2.45) is 0 Å². The molecule has 0 saturated carbocycles. The van der Waals surface area contributed by atoms with Crippen LogP contribution in [0.1, 0.15) is 5.56 Å². The first kappa shape index (κ1) is 7.91. The Morgan fingerprint density at radius 3 is 2.18 bits per heavy atom. The van der Waals surface area contributed by atoms with E-state index in [0.717, 1.165) is 0 Å². The number of aryl methyl sites for hydroxylation is 1. The van der Waals surface area contributed by atoms with E-state index in [1.54, 1.807) is 0 Å². The van der Waals surface area contributed by atoms with Gasteiger partial charge in [0.25, 0.3) is 0 Å². The second kappa shape index (κ2) is 2.45. The second-order valence-electron chi connectivity index (χ2n) is 2.13. The molecule has 0 amide bonds. The molecule has 0 fully saturated rings. The Labute approximate surface area is 61.1 Å². The molecule has 0 unspecified atom stereocenters. The van der Waals surface area contributed by atoms with Gasteiger partial charge < -0.3 is 0 Å². The van der Waals surface area contributed by atoms with Crippen LogP contribution in [0.3, 0.4) is 0 Å². The number of hydrogen-bond donors (Lipinski definition) is 0. The SMILES string of the molecule is Cc1cc([O])c(F)c(F)c1F. The van der Waals surface area contributed by atoms with Gasteiger partial charge in [-0.3, -0.25) is 5.11 Å². The summed E-state index contributed by atoms with van der Waals surface area (Å²) in [7, 11) is 0. The maximum Gasteiger partial charge on any atom is 0.217 e. The zero-order valence-corrected chi connectivity index (χ0v) is 5.62. The summed E-state index contributed by atoms with van der Waals surface area (Å²) >= 11 is 0. The molecule has 0 aliphatic carbocycles. The van der Waals surface area contributed by atoms with E-state index in [4.69, 9.17) is 0 Å². The van der Waals surface area contributed by atoms with Crippen molar-refractivity contribution in [1.29, 1.82) is 0 Å². The van der Waals surface area contributed by atoms with Gasteiger partial charge in [-0.25, -0.2) is 8.78 Å². The largest absolute Gasteiger partial charge is 0.287 e. The van der Waals surface area contributed by atoms with Crippen molar-refractivity contribution in [3.63, 3.8) is 0 Å². The highest BCUT2D eigenvalue weighted by Gasteiger charge is 2.16. The van der Waals surface area contributed by atoms with Gasteiger partial charge in [0.05, 0.1) is 0 Å². The lowest BCUT2D eigenvalue weighted by Crippen LogP contribution is -1.93. The molecule has 0 bridgehead atoms. The minimum Gasteiger partial charge on any atom is -0.287 e. The predicted molar refractivity (Wildman–Crippen MR) is 31.2 cm³/mol. The lowest BCUT2D eigenvalue weighted by atomic mass is 10.2. The number of halogens is 3. The van der Waals surface area contributed by atoms with Crippen LogP contribution in [0.5, 0.6) is 5.75 Å². The quantitative estimate of drug-likeness (QED) is 0.521. The minimum atomic E-state index is -1.70. The normalized spacial score (nSPS) is 10.2. The van der Waals surface area contributed by atoms with Gasteiger partial charge in [-0.2, -0.15) is 4.39 Å². The van der Waals surface area contributed by atoms with Crippen LogP contribution >= 0.6 is 0 Å². The third kappa shape index (κ3) is 1.15. The Kier molecular flexibility index (Phi) is 1.76. The van der Waals surface area contributed by atoms with Gasteiger partial charge in [0, 0.05) is 0 Å². The van der Waals surface area contributed by atoms with Crippen molar-refractivity contribution in [2.45, 2.75) is 6.92 Å². The van der Waals surface area contributed by atoms with Crippen LogP contribution in [0.25, 0.3) is 0 Å². The molecule has 0 aromatic heterocycles. The third-order valence-electron chi connectivity index (χ3n) is 1.30. The van der Waals surface area contributed by atoms with Crippen LogP contribution in [0.15, 0.2) is 6.07 Å². The Hall–Kier alpha value is -1.19. The van der Waals surface area contributed by atoms with Crippen molar-refractivity contribution < 1.29 is 18.3 Å². The minimum absolute atomic E-state index is 0.186. The van der Waals surface area contributed by atoms with Gasteiger partial charge in [-0.1, -0.05) is 0 Å². The van der Waals surface area contributed by atoms with E-state index in [0.29, 0.717) is 6.07 Å². The van der Waals surface area contributed by atoms with Crippen molar-refractivity contribution >= 4 is 0 Å². The predicted octanol–water partition coefficient (Wildman–Crippen LogP) is 2.56. The first-order chi connectivity index (χ1) is 5.04. The molecular weight excluding hydrogens is 157 g/mol. The van der Waals surface area contributed by atoms with Crippen LogP contribution in [-0.4, -0.2) is 0 Å². The second-order valence-corrected chi connectivity index (χ2v) is 2.13. The molecule has 1 aromatic carbocycles. The fourth-order valence-corrected chi connectivity index (χ4v) is 0.701. The van der Waals surface area contributed by atoms with Gasteiger partial charge in [-0.05, 0) is 18.6 Å². The number of benzene rings is 1. The van der Waals surface area contributed by atoms with Gasteiger partial charge in [0.15, 0.2) is 11.6 Å². The fourth-order valence-electron chi connectivity index (χ4n) is 0.701. The zero-order chi connectivity index (χ0) is 8.59. The Morgan fingerprint density at radius 2 is 1.64 bits per heavy atom. The zero-order valence-electron chi connectivity index (χ0n) is 5.62. The summed E-state index contributed by atoms with van der Waals surface area (Å²) in [6.07, 6.45) is 0. The van der Waals surface area contributed by atoms with Crippen LogP contribution in [0.4, 0.5) is 13.2 Å². The molecule has 0 atom stereocenters. The number of rotatable bonds is 0. The number of hydrogen-bond acceptors (Lipinski definition) is 0. The van der Waals surface area contributed by atoms with Crippen molar-refractivity contribution in [3.05, 3.63) is 29.1 Å². The molecule has 59 valence electrons. The van der Waals surface area contributed by atoms with Crippen LogP contribution in [0.2, 0.25) is 0 Å². The molecule has 0 spiro atoms. The van der Waals surface area contributed by atoms with E-state index in [2.05, 4.69) is 0 Å². The van der Waals surface area contributed by atoms with Crippen LogP contribution < -0.4 is 0 Å². The van der Waals surface area contributed by atoms with Crippen LogP contribution in [-0.2, 0) is 5.11 Å². The van der Waals surface area contributed by atoms with Gasteiger partial charge in [0.2, 0.25) is 11.6 Å². The van der Waals surface area contributed by atoms with E-state index in [9.17, 15) is 18.3 Å². The molecule has 0 aliphatic rings. The maximum absolute atomic E-state index is 12.4. The lowest BCUT2D eigenvalue weighted by molar-refractivity contribution is 0.313. The molecule has 0 saturated heterocycles. The standard InChI is InChI=1S/C7H4F3O/c1-3-2-4(11)6(9)7(10)5(3)8/h2H,1H3. The molecule has 1 nitrogen and oxygen atoms in total. The molecule has 0 N–H and O–H groups in total. The molecule has 1 aromatic rings. The Morgan fingerprint density at radius 1 is 1.09 bits per heavy atom. The summed E-state index contributed by atoms with van der Waals surface area (Å²) in [6.45, 7) is 1.19. The highest BCUT2D eigenvalue weighted by molar-refractivity contribution is 5.30. The van der Waals surface area contributed by atoms with Crippen LogP contribution in [0, 0.1) is 24.4 Å². The van der Waals surface area contributed by atoms with E-state index in [-0.39, 0.29) is 5.56 Å². The molecule has 1 radical (unpaired) electrons. The smallest absolute Gasteiger partial charge is 0.217 e. The van der Waals surface area contributed by atoms with Crippen molar-refractivity contribution in [3.8, 4) is 5.75 Å². The average molecular weight is 161 g/mol. The molecule has 0 heterocycles. The van der Waals surface area contributed by atoms with Crippen molar-refractivity contribution in [2.75, 3.05) is 0 Å². The lowest BCUT2D eigenvalue weighted by Gasteiger charge is -1.98. The summed E-state index contributed by atoms with van der Waals surface area (Å²) < 4.78 is 37.0. The van der Waals surface area contributed by atoms with E-state index in [1.165, 1.54) is 6.92 Å². The summed E-state index contributed by atoms with van der Waals surface area (Å²) in [5, 5.41) is 10.4. The van der Waals surface area contributed by atoms with Crippen molar-refractivity contribution in [1.82, 2.24) is 0 Å². The summed E-state index contributed by atoms with van der Waals surface area (Å²) in [4.78, 5) is 0. The Bertz CT molecular complexity index is 270. The monoisotopic (exact) mass is 161 g/mol. The van der Waals surface area contributed by atoms with E-state index in [1.807, 2.05) is 0 Å². The van der Waals surface area contributed by atoms with Gasteiger partial charge in [-0.15, -0.1) is 0 Å². The first-order valence-corrected chi connectivity index (χ1v) is 2.85. The first-order valence-electron chi connectivity index (χ1n) is 2.85. The molecule has 4 heteroatoms. The Balaban J connectivity index is 3.46. The highest BCUT2D eigenvalue weighted by Crippen LogP contribution is 2.23. The summed E-state index contributed by atoms with van der Waals surface area (Å²) in [5.74, 6) is -5.79. The maximum atomic E-state index is 12.4. The molecule has 0 aliphatic heterocycles. The summed E-state index contributed by atoms with van der Waals surface area (Å²) in [6, 6.07) is 0.716. The van der Waals surface area contributed by atoms with Gasteiger partial charge in [0.1, 0.15) is 0 Å². The molecular formula is C7H4F3O. The molecule has 1 rings (SSSR count). The van der Waals surface area contributed by atoms with E-state index < -0.39 is 23.2 Å². The third-order valence-corrected chi connectivity index (χ3v) is 1.30. The van der Waals surface area contributed by atoms with E-state index >= 15 is 0 Å². The average Bonchev–Trinajstić information content (AvgIpc) is 1.97. The van der Waals surface area contributed by atoms with Gasteiger partial charge >= 0.3 is 0 Å². The highest BCUT2D eigenvalue weighted by atomic mass is 19.2. The fraction of sp³-hybridized carbons (Fsp3) is 0.143.